The van der Waals surface area contributed by atoms with Crippen LogP contribution in [0.15, 0.2) is 0 Å². The van der Waals surface area contributed by atoms with Crippen LogP contribution in [0.5, 0.6) is 0 Å². The minimum Gasteiger partial charge on any atom is -0.394 e. The molecule has 0 aliphatic rings. The highest BCUT2D eigenvalue weighted by atomic mass is 16.5. The summed E-state index contributed by atoms with van der Waals surface area (Å²) in [4.78, 5) is 0. The van der Waals surface area contributed by atoms with Crippen molar-refractivity contribution in [2.45, 2.75) is 25.8 Å². The lowest BCUT2D eigenvalue weighted by molar-refractivity contribution is 0.0932. The second-order valence-electron chi connectivity index (χ2n) is 2.80. The average molecular weight is 185 g/mol. The van der Waals surface area contributed by atoms with Crippen LogP contribution in [0.2, 0.25) is 0 Å². The first-order chi connectivity index (χ1) is 6.35. The maximum atomic E-state index is 8.43. The molecule has 0 amide bonds. The van der Waals surface area contributed by atoms with Gasteiger partial charge in [0.25, 0.3) is 0 Å². The highest BCUT2D eigenvalue weighted by molar-refractivity contribution is 4.98. The summed E-state index contributed by atoms with van der Waals surface area (Å²) in [6.45, 7) is 3.93. The Morgan fingerprint density at radius 3 is 2.85 bits per heavy atom. The Morgan fingerprint density at radius 1 is 1.54 bits per heavy atom. The molecule has 0 saturated carbocycles. The van der Waals surface area contributed by atoms with Crippen molar-refractivity contribution in [1.29, 1.82) is 0 Å². The molecule has 0 aliphatic heterocycles. The van der Waals surface area contributed by atoms with Crippen molar-refractivity contribution in [2.75, 3.05) is 26.4 Å². The smallest absolute Gasteiger partial charge is 0.0698 e. The molecule has 76 valence electrons. The maximum absolute atomic E-state index is 8.43. The van der Waals surface area contributed by atoms with Gasteiger partial charge in [0.1, 0.15) is 0 Å². The number of rotatable bonds is 8. The van der Waals surface area contributed by atoms with Gasteiger partial charge in [-0.15, -0.1) is 6.42 Å². The van der Waals surface area contributed by atoms with Crippen LogP contribution < -0.4 is 5.32 Å². The third-order valence-corrected chi connectivity index (χ3v) is 1.65. The van der Waals surface area contributed by atoms with E-state index in [1.54, 1.807) is 0 Å². The standard InChI is InChI=1S/C10H19NO2/c1-3-5-10(4-2)11-6-8-13-9-7-12/h2,10-12H,3,5-9H2,1H3. The van der Waals surface area contributed by atoms with Gasteiger partial charge in [0, 0.05) is 6.54 Å². The second-order valence-corrected chi connectivity index (χ2v) is 2.80. The third kappa shape index (κ3) is 7.79. The molecule has 2 N–H and O–H groups in total. The molecule has 0 heterocycles. The summed E-state index contributed by atoms with van der Waals surface area (Å²) in [7, 11) is 0. The number of ether oxygens (including phenoxy) is 1. The fourth-order valence-corrected chi connectivity index (χ4v) is 1.00. The summed E-state index contributed by atoms with van der Waals surface area (Å²) in [6.07, 6.45) is 7.39. The lowest BCUT2D eigenvalue weighted by Crippen LogP contribution is -2.30. The molecule has 0 rings (SSSR count). The summed E-state index contributed by atoms with van der Waals surface area (Å²) in [5, 5.41) is 11.6. The summed E-state index contributed by atoms with van der Waals surface area (Å²) < 4.78 is 5.07. The van der Waals surface area contributed by atoms with E-state index in [0.29, 0.717) is 13.2 Å². The average Bonchev–Trinajstić information content (AvgIpc) is 2.16. The van der Waals surface area contributed by atoms with Gasteiger partial charge in [-0.05, 0) is 6.42 Å². The third-order valence-electron chi connectivity index (χ3n) is 1.65. The Morgan fingerprint density at radius 2 is 2.31 bits per heavy atom. The topological polar surface area (TPSA) is 41.5 Å². The number of nitrogens with one attached hydrogen (secondary N) is 1. The molecule has 0 spiro atoms. The highest BCUT2D eigenvalue weighted by Gasteiger charge is 2.00. The predicted molar refractivity (Wildman–Crippen MR) is 53.4 cm³/mol. The van der Waals surface area contributed by atoms with E-state index in [-0.39, 0.29) is 12.6 Å². The van der Waals surface area contributed by atoms with Crippen molar-refractivity contribution < 1.29 is 9.84 Å². The van der Waals surface area contributed by atoms with Crippen molar-refractivity contribution in [3.05, 3.63) is 0 Å². The number of hydrogen-bond acceptors (Lipinski definition) is 3. The molecule has 1 unspecified atom stereocenters. The van der Waals surface area contributed by atoms with E-state index in [4.69, 9.17) is 16.3 Å². The molecule has 0 aromatic carbocycles. The van der Waals surface area contributed by atoms with E-state index in [9.17, 15) is 0 Å². The molecule has 3 heteroatoms. The number of aliphatic hydroxyl groups is 1. The van der Waals surface area contributed by atoms with Gasteiger partial charge in [-0.1, -0.05) is 19.3 Å². The van der Waals surface area contributed by atoms with E-state index in [2.05, 4.69) is 18.2 Å². The summed E-state index contributed by atoms with van der Waals surface area (Å²) >= 11 is 0. The molecule has 0 fully saturated rings. The molecule has 0 saturated heterocycles. The van der Waals surface area contributed by atoms with E-state index in [0.717, 1.165) is 19.4 Å². The van der Waals surface area contributed by atoms with Crippen LogP contribution in [-0.4, -0.2) is 37.5 Å². The summed E-state index contributed by atoms with van der Waals surface area (Å²) in [5.74, 6) is 2.68. The van der Waals surface area contributed by atoms with E-state index in [1.165, 1.54) is 0 Å². The largest absolute Gasteiger partial charge is 0.394 e. The Bertz CT molecular complexity index is 142. The van der Waals surface area contributed by atoms with Gasteiger partial charge in [-0.2, -0.15) is 0 Å². The first kappa shape index (κ1) is 12.4. The molecule has 0 aromatic heterocycles. The summed E-state index contributed by atoms with van der Waals surface area (Å²) in [5.41, 5.74) is 0. The zero-order valence-corrected chi connectivity index (χ0v) is 8.25. The SMILES string of the molecule is C#CC(CCC)NCCOCCO. The Balaban J connectivity index is 3.24. The number of terminal acetylenes is 1. The van der Waals surface area contributed by atoms with Crippen molar-refractivity contribution in [2.24, 2.45) is 0 Å². The molecule has 1 atom stereocenters. The molecule has 0 bridgehead atoms. The lowest BCUT2D eigenvalue weighted by atomic mass is 10.2. The van der Waals surface area contributed by atoms with Gasteiger partial charge in [0.05, 0.1) is 25.9 Å². The van der Waals surface area contributed by atoms with Crippen molar-refractivity contribution in [3.63, 3.8) is 0 Å². The van der Waals surface area contributed by atoms with Gasteiger partial charge in [-0.3, -0.25) is 0 Å². The zero-order valence-electron chi connectivity index (χ0n) is 8.25. The Kier molecular flexibility index (Phi) is 9.12. The first-order valence-corrected chi connectivity index (χ1v) is 4.73. The second kappa shape index (κ2) is 9.53. The fraction of sp³-hybridized carbons (Fsp3) is 0.800. The van der Waals surface area contributed by atoms with E-state index >= 15 is 0 Å². The first-order valence-electron chi connectivity index (χ1n) is 4.73. The van der Waals surface area contributed by atoms with Crippen molar-refractivity contribution in [3.8, 4) is 12.3 Å². The molecule has 0 radical (unpaired) electrons. The predicted octanol–water partition coefficient (Wildman–Crippen LogP) is 0.387. The molecule has 0 aliphatic carbocycles. The normalized spacial score (nSPS) is 12.4. The Hall–Kier alpha value is -0.560. The number of aliphatic hydroxyl groups excluding tert-OH is 1. The van der Waals surface area contributed by atoms with E-state index in [1.807, 2.05) is 0 Å². The van der Waals surface area contributed by atoms with Gasteiger partial charge in [-0.25, -0.2) is 0 Å². The van der Waals surface area contributed by atoms with Gasteiger partial charge >= 0.3 is 0 Å². The van der Waals surface area contributed by atoms with E-state index < -0.39 is 0 Å². The molecular weight excluding hydrogens is 166 g/mol. The van der Waals surface area contributed by atoms with Crippen LogP contribution in [0.25, 0.3) is 0 Å². The molecular formula is C10H19NO2. The Labute approximate surface area is 80.5 Å². The molecule has 3 nitrogen and oxygen atoms in total. The quantitative estimate of drug-likeness (QED) is 0.424. The van der Waals surface area contributed by atoms with Crippen LogP contribution in [0.3, 0.4) is 0 Å². The minimum atomic E-state index is 0.0769. The van der Waals surface area contributed by atoms with Crippen LogP contribution in [0.4, 0.5) is 0 Å². The molecule has 0 aromatic rings. The zero-order chi connectivity index (χ0) is 9.94. The monoisotopic (exact) mass is 185 g/mol. The van der Waals surface area contributed by atoms with Gasteiger partial charge in [0.15, 0.2) is 0 Å². The number of hydrogen-bond donors (Lipinski definition) is 2. The summed E-state index contributed by atoms with van der Waals surface area (Å²) in [6, 6.07) is 0.155. The maximum Gasteiger partial charge on any atom is 0.0698 e. The van der Waals surface area contributed by atoms with Gasteiger partial charge < -0.3 is 15.2 Å². The van der Waals surface area contributed by atoms with Crippen LogP contribution in [0, 0.1) is 12.3 Å². The van der Waals surface area contributed by atoms with Crippen molar-refractivity contribution in [1.82, 2.24) is 5.32 Å². The molecule has 13 heavy (non-hydrogen) atoms. The highest BCUT2D eigenvalue weighted by Crippen LogP contribution is 1.93. The van der Waals surface area contributed by atoms with Crippen LogP contribution in [0.1, 0.15) is 19.8 Å². The van der Waals surface area contributed by atoms with Crippen LogP contribution >= 0.6 is 0 Å². The van der Waals surface area contributed by atoms with Crippen molar-refractivity contribution >= 4 is 0 Å². The lowest BCUT2D eigenvalue weighted by Gasteiger charge is -2.11. The minimum absolute atomic E-state index is 0.0769. The van der Waals surface area contributed by atoms with Crippen LogP contribution in [-0.2, 0) is 4.74 Å². The van der Waals surface area contributed by atoms with Gasteiger partial charge in [0.2, 0.25) is 0 Å². The fourth-order valence-electron chi connectivity index (χ4n) is 1.00.